The maximum absolute atomic E-state index is 14.5. The molecule has 11 heteroatoms. The van der Waals surface area contributed by atoms with E-state index in [2.05, 4.69) is 25.7 Å². The van der Waals surface area contributed by atoms with Crippen molar-refractivity contribution in [1.82, 2.24) is 19.7 Å². The Morgan fingerprint density at radius 2 is 2.08 bits per heavy atom. The van der Waals surface area contributed by atoms with Crippen LogP contribution in [-0.2, 0) is 11.8 Å². The minimum absolute atomic E-state index is 0.0433. The standard InChI is InChI=1S/C25H28FN7O3/c1-13(27)10-28-21-5-4-18(23-19(21)11-29-25(31-23)36-17-8-16(9-17)35-3)24(34)30-15-6-14-12-33(2)32-22(14)20(26)7-15/h4-7,11-13,16-17,28H,8-10,27H2,1-3H3,(H,30,34)/t13-,16?,17?/m1/s1. The number of nitrogens with zero attached hydrogens (tertiary/aromatic N) is 4. The van der Waals surface area contributed by atoms with Gasteiger partial charge in [0.15, 0.2) is 5.82 Å². The number of carbonyl (C=O) groups is 1. The number of halogens is 1. The largest absolute Gasteiger partial charge is 0.460 e. The second-order valence-corrected chi connectivity index (χ2v) is 9.16. The van der Waals surface area contributed by atoms with E-state index in [1.165, 1.54) is 10.7 Å². The molecule has 0 saturated heterocycles. The van der Waals surface area contributed by atoms with Gasteiger partial charge in [-0.3, -0.25) is 9.48 Å². The molecule has 36 heavy (non-hydrogen) atoms. The number of fused-ring (bicyclic) bond motifs is 2. The fourth-order valence-electron chi connectivity index (χ4n) is 4.21. The molecule has 10 nitrogen and oxygen atoms in total. The first-order valence-electron chi connectivity index (χ1n) is 11.7. The fraction of sp³-hybridized carbons (Fsp3) is 0.360. The number of hydrogen-bond acceptors (Lipinski definition) is 8. The van der Waals surface area contributed by atoms with Gasteiger partial charge in [0.05, 0.1) is 17.2 Å². The van der Waals surface area contributed by atoms with Gasteiger partial charge in [-0.05, 0) is 31.2 Å². The van der Waals surface area contributed by atoms with Crippen molar-refractivity contribution in [2.75, 3.05) is 24.3 Å². The van der Waals surface area contributed by atoms with Gasteiger partial charge in [0.2, 0.25) is 0 Å². The van der Waals surface area contributed by atoms with Crippen molar-refractivity contribution in [2.45, 2.75) is 38.0 Å². The summed E-state index contributed by atoms with van der Waals surface area (Å²) in [5, 5.41) is 11.4. The summed E-state index contributed by atoms with van der Waals surface area (Å²) in [6.07, 6.45) is 4.95. The number of nitrogens with one attached hydrogen (secondary N) is 2. The number of amides is 1. The Balaban J connectivity index is 1.47. The van der Waals surface area contributed by atoms with Crippen LogP contribution in [0.5, 0.6) is 6.01 Å². The third-order valence-corrected chi connectivity index (χ3v) is 6.18. The number of benzene rings is 2. The number of aryl methyl sites for hydroxylation is 1. The monoisotopic (exact) mass is 493 g/mol. The van der Waals surface area contributed by atoms with Gasteiger partial charge in [-0.1, -0.05) is 0 Å². The van der Waals surface area contributed by atoms with Gasteiger partial charge < -0.3 is 25.8 Å². The molecule has 1 amide bonds. The Labute approximate surface area is 207 Å². The number of rotatable bonds is 8. The van der Waals surface area contributed by atoms with Gasteiger partial charge in [0.25, 0.3) is 5.91 Å². The van der Waals surface area contributed by atoms with Crippen LogP contribution in [0.25, 0.3) is 21.8 Å². The third-order valence-electron chi connectivity index (χ3n) is 6.18. The highest BCUT2D eigenvalue weighted by molar-refractivity contribution is 6.14. The summed E-state index contributed by atoms with van der Waals surface area (Å²) in [6, 6.07) is 6.49. The highest BCUT2D eigenvalue weighted by atomic mass is 19.1. The van der Waals surface area contributed by atoms with Crippen molar-refractivity contribution in [1.29, 1.82) is 0 Å². The van der Waals surface area contributed by atoms with E-state index in [0.29, 0.717) is 34.1 Å². The molecule has 0 spiro atoms. The third kappa shape index (κ3) is 4.79. The molecule has 1 fully saturated rings. The maximum Gasteiger partial charge on any atom is 0.317 e. The van der Waals surface area contributed by atoms with Crippen LogP contribution in [0.1, 0.15) is 30.1 Å². The number of ether oxygens (including phenoxy) is 2. The first kappa shape index (κ1) is 23.9. The van der Waals surface area contributed by atoms with E-state index in [1.807, 2.05) is 6.92 Å². The maximum atomic E-state index is 14.5. The lowest BCUT2D eigenvalue weighted by atomic mass is 9.92. The molecular weight excluding hydrogens is 465 g/mol. The molecule has 2 aromatic heterocycles. The molecule has 2 heterocycles. The van der Waals surface area contributed by atoms with E-state index >= 15 is 0 Å². The number of nitrogens with two attached hydrogens (primary N) is 1. The molecule has 188 valence electrons. The van der Waals surface area contributed by atoms with Gasteiger partial charge >= 0.3 is 6.01 Å². The first-order chi connectivity index (χ1) is 17.3. The average molecular weight is 494 g/mol. The molecule has 1 aliphatic carbocycles. The van der Waals surface area contributed by atoms with Gasteiger partial charge in [-0.2, -0.15) is 10.1 Å². The lowest BCUT2D eigenvalue weighted by Crippen LogP contribution is -2.39. The van der Waals surface area contributed by atoms with E-state index in [9.17, 15) is 9.18 Å². The topological polar surface area (TPSA) is 129 Å². The summed E-state index contributed by atoms with van der Waals surface area (Å²) >= 11 is 0. The van der Waals surface area contributed by atoms with Crippen molar-refractivity contribution < 1.29 is 18.7 Å². The summed E-state index contributed by atoms with van der Waals surface area (Å²) in [5.74, 6) is -0.953. The quantitative estimate of drug-likeness (QED) is 0.341. The van der Waals surface area contributed by atoms with Crippen LogP contribution in [0.4, 0.5) is 15.8 Å². The van der Waals surface area contributed by atoms with Crippen molar-refractivity contribution in [2.24, 2.45) is 12.8 Å². The van der Waals surface area contributed by atoms with Crippen LogP contribution in [0.15, 0.2) is 36.7 Å². The van der Waals surface area contributed by atoms with Crippen molar-refractivity contribution in [3.63, 3.8) is 0 Å². The Morgan fingerprint density at radius 3 is 2.83 bits per heavy atom. The van der Waals surface area contributed by atoms with Crippen LogP contribution in [-0.4, -0.2) is 57.6 Å². The Kier molecular flexibility index (Phi) is 6.42. The highest BCUT2D eigenvalue weighted by Gasteiger charge is 2.31. The highest BCUT2D eigenvalue weighted by Crippen LogP contribution is 2.30. The van der Waals surface area contributed by atoms with Crippen LogP contribution in [0, 0.1) is 5.82 Å². The summed E-state index contributed by atoms with van der Waals surface area (Å²) in [6.45, 7) is 2.42. The molecule has 0 aliphatic heterocycles. The molecule has 2 aromatic carbocycles. The lowest BCUT2D eigenvalue weighted by Gasteiger charge is -2.33. The smallest absolute Gasteiger partial charge is 0.317 e. The normalized spacial score (nSPS) is 18.1. The predicted molar refractivity (Wildman–Crippen MR) is 135 cm³/mol. The van der Waals surface area contributed by atoms with Gasteiger partial charge in [-0.15, -0.1) is 0 Å². The lowest BCUT2D eigenvalue weighted by molar-refractivity contribution is -0.0412. The minimum Gasteiger partial charge on any atom is -0.460 e. The predicted octanol–water partition coefficient (Wildman–Crippen LogP) is 3.22. The number of anilines is 2. The van der Waals surface area contributed by atoms with Crippen LogP contribution < -0.4 is 21.1 Å². The van der Waals surface area contributed by atoms with Gasteiger partial charge in [-0.25, -0.2) is 9.37 Å². The van der Waals surface area contributed by atoms with Crippen molar-refractivity contribution in [3.8, 4) is 6.01 Å². The molecule has 1 atom stereocenters. The summed E-state index contributed by atoms with van der Waals surface area (Å²) in [5.41, 5.74) is 7.92. The van der Waals surface area contributed by atoms with E-state index < -0.39 is 11.7 Å². The molecule has 0 bridgehead atoms. The van der Waals surface area contributed by atoms with Gasteiger partial charge in [0, 0.05) is 74.1 Å². The van der Waals surface area contributed by atoms with E-state index in [1.54, 1.807) is 44.8 Å². The van der Waals surface area contributed by atoms with Crippen LogP contribution in [0.2, 0.25) is 0 Å². The van der Waals surface area contributed by atoms with Crippen molar-refractivity contribution >= 4 is 39.1 Å². The van der Waals surface area contributed by atoms with Crippen LogP contribution in [0.3, 0.4) is 0 Å². The van der Waals surface area contributed by atoms with Crippen molar-refractivity contribution in [3.05, 3.63) is 48.0 Å². The second kappa shape index (κ2) is 9.67. The molecule has 5 rings (SSSR count). The second-order valence-electron chi connectivity index (χ2n) is 9.16. The summed E-state index contributed by atoms with van der Waals surface area (Å²) in [7, 11) is 3.39. The number of aromatic nitrogens is 4. The van der Waals surface area contributed by atoms with E-state index in [4.69, 9.17) is 15.2 Å². The van der Waals surface area contributed by atoms with Gasteiger partial charge in [0.1, 0.15) is 11.6 Å². The molecular formula is C25H28FN7O3. The Morgan fingerprint density at radius 1 is 1.28 bits per heavy atom. The molecule has 0 radical (unpaired) electrons. The minimum atomic E-state index is -0.517. The first-order valence-corrected chi connectivity index (χ1v) is 11.7. The summed E-state index contributed by atoms with van der Waals surface area (Å²) in [4.78, 5) is 22.3. The molecule has 4 aromatic rings. The number of methoxy groups -OCH3 is 1. The van der Waals surface area contributed by atoms with Crippen LogP contribution >= 0.6 is 0 Å². The number of carbonyl (C=O) groups excluding carboxylic acids is 1. The zero-order valence-corrected chi connectivity index (χ0v) is 20.3. The zero-order valence-electron chi connectivity index (χ0n) is 20.3. The molecule has 1 aliphatic rings. The molecule has 0 unspecified atom stereocenters. The zero-order chi connectivity index (χ0) is 25.4. The molecule has 1 saturated carbocycles. The Hall–Kier alpha value is -3.83. The van der Waals surface area contributed by atoms with E-state index in [-0.39, 0.29) is 29.8 Å². The average Bonchev–Trinajstić information content (AvgIpc) is 3.19. The summed E-state index contributed by atoms with van der Waals surface area (Å²) < 4.78 is 27.3. The Bertz CT molecular complexity index is 1430. The fourth-order valence-corrected chi connectivity index (χ4v) is 4.21. The SMILES string of the molecule is COC1CC(Oc2ncc3c(NC[C@@H](C)N)ccc(C(=O)Nc4cc(F)c5nn(C)cc5c4)c3n2)C1. The number of hydrogen-bond donors (Lipinski definition) is 3. The van der Waals surface area contributed by atoms with E-state index in [0.717, 1.165) is 18.5 Å². The molecule has 4 N–H and O–H groups in total.